The molecule has 0 atom stereocenters. The molecule has 11 heteroatoms. The molecule has 8 aromatic carbocycles. The van der Waals surface area contributed by atoms with Gasteiger partial charge in [0.2, 0.25) is 6.71 Å². The number of anilines is 6. The Kier molecular flexibility index (Phi) is 9.64. The molecule has 0 fully saturated rings. The zero-order valence-corrected chi connectivity index (χ0v) is 37.1. The van der Waals surface area contributed by atoms with Crippen molar-refractivity contribution in [3.8, 4) is 22.3 Å². The summed E-state index contributed by atoms with van der Waals surface area (Å²) in [6, 6.07) is 51.1. The number of halogens is 6. The van der Waals surface area contributed by atoms with Gasteiger partial charge in [-0.2, -0.15) is 26.3 Å². The average Bonchev–Trinajstić information content (AvgIpc) is 3.35. The second kappa shape index (κ2) is 15.6. The summed E-state index contributed by atoms with van der Waals surface area (Å²) in [7, 11) is 0. The monoisotopic (exact) mass is 916 g/mol. The van der Waals surface area contributed by atoms with Gasteiger partial charge in [-0.1, -0.05) is 163 Å². The predicted octanol–water partition coefficient (Wildman–Crippen LogP) is 12.6. The van der Waals surface area contributed by atoms with Crippen LogP contribution in [0.1, 0.15) is 23.6 Å². The van der Waals surface area contributed by atoms with E-state index in [2.05, 4.69) is 78.2 Å². The lowest BCUT2D eigenvalue weighted by molar-refractivity contribution is -0.142. The molecule has 0 saturated carbocycles. The van der Waals surface area contributed by atoms with Crippen molar-refractivity contribution in [1.29, 1.82) is 0 Å². The maximum absolute atomic E-state index is 15.5. The Morgan fingerprint density at radius 2 is 1.07 bits per heavy atom. The van der Waals surface area contributed by atoms with Crippen LogP contribution < -0.4 is 42.6 Å². The minimum atomic E-state index is -5.14. The van der Waals surface area contributed by atoms with Crippen molar-refractivity contribution in [3.05, 3.63) is 211 Å². The SMILES string of the molecule is C=C/C=C\C=C(/C)c1ccc2c(c1)B1c3cc(-c4ccccc4)ccc3N(c3ccc(C(F)(F)F)cc3C(F)(F)F)c3cc4c5c(c31)N2c1ccc(-c2ccccc2)cc1B5c1ccccc1S4. The summed E-state index contributed by atoms with van der Waals surface area (Å²) in [4.78, 5) is 5.75. The van der Waals surface area contributed by atoms with E-state index in [0.717, 1.165) is 105 Å². The molecule has 328 valence electrons. The zero-order chi connectivity index (χ0) is 46.6. The third kappa shape index (κ3) is 6.54. The number of hydrogen-bond acceptors (Lipinski definition) is 3. The van der Waals surface area contributed by atoms with Crippen molar-refractivity contribution in [2.75, 3.05) is 9.80 Å². The Hall–Kier alpha value is -7.36. The van der Waals surface area contributed by atoms with Gasteiger partial charge in [0.1, 0.15) is 0 Å². The van der Waals surface area contributed by atoms with Crippen molar-refractivity contribution in [1.82, 2.24) is 0 Å². The first kappa shape index (κ1) is 42.0. The summed E-state index contributed by atoms with van der Waals surface area (Å²) in [6.45, 7) is 5.12. The van der Waals surface area contributed by atoms with Crippen molar-refractivity contribution in [3.63, 3.8) is 0 Å². The third-order valence-corrected chi connectivity index (χ3v) is 14.8. The minimum Gasteiger partial charge on any atom is -0.312 e. The Balaban J connectivity index is 1.22. The Morgan fingerprint density at radius 3 is 1.71 bits per heavy atom. The molecule has 4 aliphatic heterocycles. The molecule has 12 rings (SSSR count). The number of fused-ring (bicyclic) bond motifs is 10. The Morgan fingerprint density at radius 1 is 0.500 bits per heavy atom. The molecule has 0 saturated heterocycles. The van der Waals surface area contributed by atoms with E-state index in [1.165, 1.54) is 0 Å². The molecular formula is C57H36B2F6N2S. The van der Waals surface area contributed by atoms with Crippen LogP contribution in [0.25, 0.3) is 27.8 Å². The lowest BCUT2D eigenvalue weighted by atomic mass is 9.29. The van der Waals surface area contributed by atoms with Crippen LogP contribution in [0.2, 0.25) is 0 Å². The Bertz CT molecular complexity index is 3470. The second-order valence-electron chi connectivity index (χ2n) is 17.5. The highest BCUT2D eigenvalue weighted by Gasteiger charge is 2.51. The molecule has 0 aliphatic carbocycles. The highest BCUT2D eigenvalue weighted by atomic mass is 32.2. The molecule has 0 aromatic heterocycles. The molecule has 0 amide bonds. The van der Waals surface area contributed by atoms with Gasteiger partial charge in [0.25, 0.3) is 6.71 Å². The largest absolute Gasteiger partial charge is 0.418 e. The fourth-order valence-electron chi connectivity index (χ4n) is 10.7. The fourth-order valence-corrected chi connectivity index (χ4v) is 11.9. The van der Waals surface area contributed by atoms with Crippen LogP contribution in [0.15, 0.2) is 204 Å². The molecule has 0 spiro atoms. The number of nitrogens with zero attached hydrogens (tertiary/aromatic N) is 2. The van der Waals surface area contributed by atoms with E-state index in [-0.39, 0.29) is 18.5 Å². The van der Waals surface area contributed by atoms with Crippen LogP contribution >= 0.6 is 11.8 Å². The lowest BCUT2D eigenvalue weighted by Gasteiger charge is -2.49. The molecule has 0 bridgehead atoms. The fraction of sp³-hybridized carbons (Fsp3) is 0.0526. The van der Waals surface area contributed by atoms with Gasteiger partial charge in [-0.15, -0.1) is 0 Å². The van der Waals surface area contributed by atoms with Crippen LogP contribution in [-0.4, -0.2) is 13.4 Å². The van der Waals surface area contributed by atoms with E-state index in [9.17, 15) is 13.2 Å². The first-order valence-corrected chi connectivity index (χ1v) is 23.1. The van der Waals surface area contributed by atoms with E-state index in [1.54, 1.807) is 22.7 Å². The van der Waals surface area contributed by atoms with Gasteiger partial charge in [0, 0.05) is 38.2 Å². The number of benzene rings is 8. The van der Waals surface area contributed by atoms with Crippen molar-refractivity contribution >= 4 is 97.7 Å². The van der Waals surface area contributed by atoms with Crippen LogP contribution in [0, 0.1) is 0 Å². The first-order chi connectivity index (χ1) is 32.9. The van der Waals surface area contributed by atoms with Crippen LogP contribution in [0.5, 0.6) is 0 Å². The molecular weight excluding hydrogens is 880 g/mol. The smallest absolute Gasteiger partial charge is 0.312 e. The first-order valence-electron chi connectivity index (χ1n) is 22.2. The van der Waals surface area contributed by atoms with Gasteiger partial charge in [-0.3, -0.25) is 0 Å². The number of alkyl halides is 6. The van der Waals surface area contributed by atoms with E-state index >= 15 is 13.2 Å². The minimum absolute atomic E-state index is 0.247. The summed E-state index contributed by atoms with van der Waals surface area (Å²) in [5, 5.41) is 0. The van der Waals surface area contributed by atoms with E-state index < -0.39 is 30.2 Å². The van der Waals surface area contributed by atoms with Crippen molar-refractivity contribution in [2.45, 2.75) is 29.1 Å². The number of hydrogen-bond donors (Lipinski definition) is 0. The maximum atomic E-state index is 15.5. The summed E-state index contributed by atoms with van der Waals surface area (Å²) in [5.41, 5.74) is 12.1. The summed E-state index contributed by atoms with van der Waals surface area (Å²) in [6.07, 6.45) is -2.60. The van der Waals surface area contributed by atoms with Gasteiger partial charge in [0.15, 0.2) is 0 Å². The standard InChI is InChI=1S/C57H36B2F6N2S/c1-3-4-7-14-34(2)37-21-25-48-43(29-37)59-44-30-38(35-15-8-5-9-16-35)22-26-47(44)66(46-28-24-40(56(60,61)62)32-41(46)57(63,64)65)50-33-52-54-55(53(50)59)67(48)49-27-23-39(36-17-10-6-11-18-36)31-45(49)58(54)42-19-12-13-20-51(42)68-52/h3-33H,1H2,2H3/b7-4-,34-14+. The van der Waals surface area contributed by atoms with Gasteiger partial charge in [-0.05, 0) is 116 Å². The van der Waals surface area contributed by atoms with Crippen LogP contribution in [0.3, 0.4) is 0 Å². The zero-order valence-electron chi connectivity index (χ0n) is 36.3. The summed E-state index contributed by atoms with van der Waals surface area (Å²) >= 11 is 1.57. The van der Waals surface area contributed by atoms with Gasteiger partial charge >= 0.3 is 12.4 Å². The van der Waals surface area contributed by atoms with Gasteiger partial charge < -0.3 is 9.80 Å². The van der Waals surface area contributed by atoms with Crippen LogP contribution in [0.4, 0.5) is 60.5 Å². The number of rotatable bonds is 6. The molecule has 68 heavy (non-hydrogen) atoms. The molecule has 0 N–H and O–H groups in total. The van der Waals surface area contributed by atoms with Crippen molar-refractivity contribution in [2.24, 2.45) is 0 Å². The lowest BCUT2D eigenvalue weighted by Crippen LogP contribution is -2.68. The molecule has 0 radical (unpaired) electrons. The highest BCUT2D eigenvalue weighted by Crippen LogP contribution is 2.51. The summed E-state index contributed by atoms with van der Waals surface area (Å²) < 4.78 is 89.6. The Labute approximate surface area is 394 Å². The molecule has 0 unspecified atom stereocenters. The molecule has 4 aliphatic rings. The van der Waals surface area contributed by atoms with Crippen LogP contribution in [-0.2, 0) is 12.4 Å². The molecule has 2 nitrogen and oxygen atoms in total. The average molecular weight is 917 g/mol. The van der Waals surface area contributed by atoms with E-state index in [0.29, 0.717) is 11.4 Å². The topological polar surface area (TPSA) is 6.48 Å². The molecule has 4 heterocycles. The maximum Gasteiger partial charge on any atom is 0.418 e. The third-order valence-electron chi connectivity index (χ3n) is 13.7. The second-order valence-corrected chi connectivity index (χ2v) is 18.6. The van der Waals surface area contributed by atoms with E-state index in [4.69, 9.17) is 0 Å². The van der Waals surface area contributed by atoms with E-state index in [1.807, 2.05) is 104 Å². The quantitative estimate of drug-likeness (QED) is 0.0932. The molecule has 8 aromatic rings. The summed E-state index contributed by atoms with van der Waals surface area (Å²) in [5.74, 6) is 0. The number of allylic oxidation sites excluding steroid dienone is 5. The normalized spacial score (nSPS) is 14.3. The van der Waals surface area contributed by atoms with Crippen molar-refractivity contribution < 1.29 is 26.3 Å². The van der Waals surface area contributed by atoms with Gasteiger partial charge in [0.05, 0.1) is 16.8 Å². The highest BCUT2D eigenvalue weighted by molar-refractivity contribution is 8.00. The van der Waals surface area contributed by atoms with Gasteiger partial charge in [-0.25, -0.2) is 0 Å². The predicted molar refractivity (Wildman–Crippen MR) is 270 cm³/mol.